The topological polar surface area (TPSA) is 55.0 Å². The number of benzene rings is 1. The third kappa shape index (κ3) is 2.41. The molecule has 0 atom stereocenters. The maximum Gasteiger partial charge on any atom is 0.305 e. The molecule has 0 aliphatic rings. The van der Waals surface area contributed by atoms with Crippen molar-refractivity contribution >= 4 is 32.9 Å². The number of nitrogens with one attached hydrogen (secondary N) is 1. The average Bonchev–Trinajstić information content (AvgIpc) is 2.65. The number of aromatic amines is 1. The Morgan fingerprint density at radius 2 is 2.38 bits per heavy atom. The van der Waals surface area contributed by atoms with Crippen molar-refractivity contribution in [3.8, 4) is 0 Å². The van der Waals surface area contributed by atoms with Gasteiger partial charge in [-0.3, -0.25) is 4.79 Å². The zero-order valence-electron chi connectivity index (χ0n) is 8.79. The minimum absolute atomic E-state index is 0.189. The normalized spacial score (nSPS) is 10.6. The molecule has 0 bridgehead atoms. The van der Waals surface area contributed by atoms with Crippen LogP contribution in [0.5, 0.6) is 0 Å². The predicted molar refractivity (Wildman–Crippen MR) is 64.1 cm³/mol. The molecule has 16 heavy (non-hydrogen) atoms. The second-order valence-electron chi connectivity index (χ2n) is 3.46. The van der Waals surface area contributed by atoms with Crippen LogP contribution in [0.2, 0.25) is 0 Å². The number of fused-ring (bicyclic) bond motifs is 1. The number of hydrogen-bond donors (Lipinski definition) is 1. The number of hydrogen-bond acceptors (Lipinski definition) is 3. The summed E-state index contributed by atoms with van der Waals surface area (Å²) in [6.45, 7) is 0. The van der Waals surface area contributed by atoms with Crippen molar-refractivity contribution in [3.05, 3.63) is 28.5 Å². The van der Waals surface area contributed by atoms with Crippen molar-refractivity contribution in [2.24, 2.45) is 0 Å². The Kier molecular flexibility index (Phi) is 3.24. The molecular weight excluding hydrogens is 272 g/mol. The third-order valence-corrected chi connectivity index (χ3v) is 2.74. The first-order valence-corrected chi connectivity index (χ1v) is 5.69. The summed E-state index contributed by atoms with van der Waals surface area (Å²) in [6, 6.07) is 5.90. The lowest BCUT2D eigenvalue weighted by Crippen LogP contribution is -2.01. The van der Waals surface area contributed by atoms with Gasteiger partial charge in [0.1, 0.15) is 0 Å². The molecule has 0 aliphatic heterocycles. The monoisotopic (exact) mass is 282 g/mol. The van der Waals surface area contributed by atoms with Crippen LogP contribution in [-0.2, 0) is 16.0 Å². The van der Waals surface area contributed by atoms with E-state index in [-0.39, 0.29) is 5.97 Å². The van der Waals surface area contributed by atoms with Gasteiger partial charge < -0.3 is 9.72 Å². The van der Waals surface area contributed by atoms with E-state index in [9.17, 15) is 4.79 Å². The number of carbonyl (C=O) groups excluding carboxylic acids is 1. The number of rotatable bonds is 3. The molecule has 0 saturated heterocycles. The zero-order chi connectivity index (χ0) is 11.5. The van der Waals surface area contributed by atoms with Gasteiger partial charge in [-0.15, -0.1) is 0 Å². The SMILES string of the molecule is COC(=O)CCc1ccc2nc(Br)[nH]c2c1. The lowest BCUT2D eigenvalue weighted by Gasteiger charge is -2.00. The van der Waals surface area contributed by atoms with Crippen LogP contribution in [0.3, 0.4) is 0 Å². The number of aromatic nitrogens is 2. The van der Waals surface area contributed by atoms with Crippen molar-refractivity contribution in [3.63, 3.8) is 0 Å². The average molecular weight is 283 g/mol. The molecule has 0 amide bonds. The number of H-pyrrole nitrogens is 1. The molecule has 0 fully saturated rings. The third-order valence-electron chi connectivity index (χ3n) is 2.36. The summed E-state index contributed by atoms with van der Waals surface area (Å²) in [7, 11) is 1.40. The van der Waals surface area contributed by atoms with Gasteiger partial charge in [-0.25, -0.2) is 4.98 Å². The Morgan fingerprint density at radius 3 is 3.12 bits per heavy atom. The smallest absolute Gasteiger partial charge is 0.305 e. The fraction of sp³-hybridized carbons (Fsp3) is 0.273. The molecule has 5 heteroatoms. The van der Waals surface area contributed by atoms with E-state index in [1.165, 1.54) is 7.11 Å². The lowest BCUT2D eigenvalue weighted by molar-refractivity contribution is -0.140. The number of aryl methyl sites for hydroxylation is 1. The first-order chi connectivity index (χ1) is 7.69. The molecule has 1 heterocycles. The van der Waals surface area contributed by atoms with Gasteiger partial charge in [-0.2, -0.15) is 0 Å². The minimum Gasteiger partial charge on any atom is -0.469 e. The van der Waals surface area contributed by atoms with Gasteiger partial charge in [-0.05, 0) is 40.0 Å². The molecule has 0 saturated carbocycles. The largest absolute Gasteiger partial charge is 0.469 e. The Bertz CT molecular complexity index is 522. The van der Waals surface area contributed by atoms with Crippen LogP contribution in [-0.4, -0.2) is 23.0 Å². The van der Waals surface area contributed by atoms with E-state index >= 15 is 0 Å². The van der Waals surface area contributed by atoms with Gasteiger partial charge in [0.25, 0.3) is 0 Å². The van der Waals surface area contributed by atoms with Crippen molar-refractivity contribution in [2.45, 2.75) is 12.8 Å². The van der Waals surface area contributed by atoms with Gasteiger partial charge in [0.05, 0.1) is 18.1 Å². The Morgan fingerprint density at radius 1 is 1.56 bits per heavy atom. The van der Waals surface area contributed by atoms with Gasteiger partial charge in [0, 0.05) is 6.42 Å². The highest BCUT2D eigenvalue weighted by Gasteiger charge is 2.04. The molecule has 0 unspecified atom stereocenters. The highest BCUT2D eigenvalue weighted by atomic mass is 79.9. The number of methoxy groups -OCH3 is 1. The molecule has 84 valence electrons. The predicted octanol–water partition coefficient (Wildman–Crippen LogP) is 2.43. The van der Waals surface area contributed by atoms with Crippen molar-refractivity contribution < 1.29 is 9.53 Å². The number of esters is 1. The molecule has 0 radical (unpaired) electrons. The molecule has 0 spiro atoms. The number of imidazole rings is 1. The first kappa shape index (κ1) is 11.1. The van der Waals surface area contributed by atoms with Crippen LogP contribution in [0, 0.1) is 0 Å². The molecule has 1 aromatic heterocycles. The molecule has 2 rings (SSSR count). The Balaban J connectivity index is 2.16. The number of carbonyl (C=O) groups is 1. The van der Waals surface area contributed by atoms with Gasteiger partial charge in [0.2, 0.25) is 0 Å². The van der Waals surface area contributed by atoms with E-state index < -0.39 is 0 Å². The minimum atomic E-state index is -0.189. The summed E-state index contributed by atoms with van der Waals surface area (Å²) in [4.78, 5) is 18.3. The van der Waals surface area contributed by atoms with E-state index in [1.54, 1.807) is 0 Å². The molecule has 4 nitrogen and oxygen atoms in total. The highest BCUT2D eigenvalue weighted by Crippen LogP contribution is 2.17. The summed E-state index contributed by atoms with van der Waals surface area (Å²) in [6.07, 6.45) is 1.08. The molecule has 2 aromatic rings. The lowest BCUT2D eigenvalue weighted by atomic mass is 10.1. The van der Waals surface area contributed by atoms with Crippen LogP contribution in [0.1, 0.15) is 12.0 Å². The quantitative estimate of drug-likeness (QED) is 0.880. The van der Waals surface area contributed by atoms with E-state index in [1.807, 2.05) is 18.2 Å². The summed E-state index contributed by atoms with van der Waals surface area (Å²) in [5.74, 6) is -0.189. The van der Waals surface area contributed by atoms with Crippen LogP contribution < -0.4 is 0 Å². The summed E-state index contributed by atoms with van der Waals surface area (Å²) in [5, 5.41) is 0. The fourth-order valence-corrected chi connectivity index (χ4v) is 1.93. The fourth-order valence-electron chi connectivity index (χ4n) is 1.53. The maximum atomic E-state index is 11.0. The highest BCUT2D eigenvalue weighted by molar-refractivity contribution is 9.10. The maximum absolute atomic E-state index is 11.0. The first-order valence-electron chi connectivity index (χ1n) is 4.90. The summed E-state index contributed by atoms with van der Waals surface area (Å²) >= 11 is 3.28. The van der Waals surface area contributed by atoms with E-state index in [0.717, 1.165) is 16.6 Å². The van der Waals surface area contributed by atoms with Crippen molar-refractivity contribution in [1.82, 2.24) is 9.97 Å². The van der Waals surface area contributed by atoms with E-state index in [0.29, 0.717) is 17.6 Å². The van der Waals surface area contributed by atoms with E-state index in [2.05, 4.69) is 30.6 Å². The standard InChI is InChI=1S/C11H11BrN2O2/c1-16-10(15)5-3-7-2-4-8-9(6-7)14-11(12)13-8/h2,4,6H,3,5H2,1H3,(H,13,14). The zero-order valence-corrected chi connectivity index (χ0v) is 10.4. The molecule has 1 N–H and O–H groups in total. The summed E-state index contributed by atoms with van der Waals surface area (Å²) < 4.78 is 5.31. The summed E-state index contributed by atoms with van der Waals surface area (Å²) in [5.41, 5.74) is 2.97. The van der Waals surface area contributed by atoms with Crippen LogP contribution in [0.4, 0.5) is 0 Å². The van der Waals surface area contributed by atoms with Crippen LogP contribution in [0.15, 0.2) is 22.9 Å². The van der Waals surface area contributed by atoms with Crippen LogP contribution in [0.25, 0.3) is 11.0 Å². The molecule has 0 aliphatic carbocycles. The van der Waals surface area contributed by atoms with Gasteiger partial charge in [-0.1, -0.05) is 6.07 Å². The van der Waals surface area contributed by atoms with Gasteiger partial charge in [0.15, 0.2) is 4.73 Å². The molecule has 1 aromatic carbocycles. The van der Waals surface area contributed by atoms with E-state index in [4.69, 9.17) is 0 Å². The van der Waals surface area contributed by atoms with Crippen LogP contribution >= 0.6 is 15.9 Å². The molecular formula is C11H11BrN2O2. The Labute approximate surface area is 101 Å². The second-order valence-corrected chi connectivity index (χ2v) is 4.21. The Hall–Kier alpha value is -1.36. The number of nitrogens with zero attached hydrogens (tertiary/aromatic N) is 1. The second kappa shape index (κ2) is 4.65. The van der Waals surface area contributed by atoms with Crippen molar-refractivity contribution in [1.29, 1.82) is 0 Å². The van der Waals surface area contributed by atoms with Gasteiger partial charge >= 0.3 is 5.97 Å². The van der Waals surface area contributed by atoms with Crippen molar-refractivity contribution in [2.75, 3.05) is 7.11 Å². The number of halogens is 1. The number of ether oxygens (including phenoxy) is 1.